The van der Waals surface area contributed by atoms with Crippen molar-refractivity contribution in [2.24, 2.45) is 5.92 Å². The molecule has 0 radical (unpaired) electrons. The summed E-state index contributed by atoms with van der Waals surface area (Å²) in [5.74, 6) is 1.25. The van der Waals surface area contributed by atoms with Crippen molar-refractivity contribution in [3.8, 4) is 0 Å². The van der Waals surface area contributed by atoms with Gasteiger partial charge >= 0.3 is 0 Å². The van der Waals surface area contributed by atoms with E-state index in [2.05, 4.69) is 28.9 Å². The third kappa shape index (κ3) is 3.30. The van der Waals surface area contributed by atoms with E-state index in [-0.39, 0.29) is 6.61 Å². The maximum atomic E-state index is 9.04. The lowest BCUT2D eigenvalue weighted by Gasteiger charge is -2.32. The first kappa shape index (κ1) is 12.6. The van der Waals surface area contributed by atoms with Crippen LogP contribution in [0.1, 0.15) is 44.0 Å². The minimum atomic E-state index is 0.0510. The largest absolute Gasteiger partial charge is 0.390 e. The molecule has 4 nitrogen and oxygen atoms in total. The Labute approximate surface area is 103 Å². The van der Waals surface area contributed by atoms with Gasteiger partial charge in [0.05, 0.1) is 18.0 Å². The Morgan fingerprint density at radius 1 is 1.59 bits per heavy atom. The van der Waals surface area contributed by atoms with E-state index in [1.807, 2.05) is 6.07 Å². The number of aromatic amines is 1. The Morgan fingerprint density at radius 3 is 3.06 bits per heavy atom. The standard InChI is InChI=1S/C13H23N3O/c1-10(2)7-16-5-3-4-11(8-16)13-6-12(9-17)14-15-13/h6,10-11,17H,3-5,7-9H2,1-2H3,(H,14,15). The highest BCUT2D eigenvalue weighted by molar-refractivity contribution is 5.13. The fourth-order valence-corrected chi connectivity index (χ4v) is 2.65. The van der Waals surface area contributed by atoms with E-state index in [0.29, 0.717) is 5.92 Å². The number of piperidine rings is 1. The van der Waals surface area contributed by atoms with Gasteiger partial charge in [-0.15, -0.1) is 0 Å². The van der Waals surface area contributed by atoms with Crippen molar-refractivity contribution in [1.29, 1.82) is 0 Å². The summed E-state index contributed by atoms with van der Waals surface area (Å²) < 4.78 is 0. The van der Waals surface area contributed by atoms with Gasteiger partial charge in [-0.3, -0.25) is 5.10 Å². The normalized spacial score (nSPS) is 22.2. The minimum Gasteiger partial charge on any atom is -0.390 e. The lowest BCUT2D eigenvalue weighted by molar-refractivity contribution is 0.186. The molecule has 0 bridgehead atoms. The van der Waals surface area contributed by atoms with Crippen LogP contribution in [0, 0.1) is 5.92 Å². The third-order valence-corrected chi connectivity index (χ3v) is 3.37. The molecule has 1 aliphatic heterocycles. The van der Waals surface area contributed by atoms with Crippen LogP contribution in [-0.2, 0) is 6.61 Å². The molecule has 1 fully saturated rings. The van der Waals surface area contributed by atoms with E-state index < -0.39 is 0 Å². The molecule has 0 aromatic carbocycles. The highest BCUT2D eigenvalue weighted by Gasteiger charge is 2.23. The van der Waals surface area contributed by atoms with Gasteiger partial charge in [0.2, 0.25) is 0 Å². The van der Waals surface area contributed by atoms with Gasteiger partial charge in [0.1, 0.15) is 0 Å². The van der Waals surface area contributed by atoms with Crippen LogP contribution in [0.2, 0.25) is 0 Å². The van der Waals surface area contributed by atoms with Gasteiger partial charge in [-0.2, -0.15) is 5.10 Å². The highest BCUT2D eigenvalue weighted by Crippen LogP contribution is 2.26. The van der Waals surface area contributed by atoms with Crippen LogP contribution in [0.15, 0.2) is 6.07 Å². The molecule has 0 saturated carbocycles. The van der Waals surface area contributed by atoms with Gasteiger partial charge in [-0.25, -0.2) is 0 Å². The molecular formula is C13H23N3O. The number of nitrogens with one attached hydrogen (secondary N) is 1. The summed E-state index contributed by atoms with van der Waals surface area (Å²) >= 11 is 0. The molecule has 1 aromatic heterocycles. The summed E-state index contributed by atoms with van der Waals surface area (Å²) in [6.45, 7) is 8.08. The summed E-state index contributed by atoms with van der Waals surface area (Å²) in [6, 6.07) is 2.00. The zero-order valence-electron chi connectivity index (χ0n) is 10.8. The number of hydrogen-bond donors (Lipinski definition) is 2. The Hall–Kier alpha value is -0.870. The van der Waals surface area contributed by atoms with Crippen LogP contribution < -0.4 is 0 Å². The number of hydrogen-bond acceptors (Lipinski definition) is 3. The summed E-state index contributed by atoms with van der Waals surface area (Å²) in [6.07, 6.45) is 2.46. The number of rotatable bonds is 4. The second-order valence-electron chi connectivity index (χ2n) is 5.47. The predicted molar refractivity (Wildman–Crippen MR) is 67.8 cm³/mol. The second-order valence-corrected chi connectivity index (χ2v) is 5.47. The number of likely N-dealkylation sites (tertiary alicyclic amines) is 1. The van der Waals surface area contributed by atoms with Crippen LogP contribution in [0.3, 0.4) is 0 Å². The average molecular weight is 237 g/mol. The van der Waals surface area contributed by atoms with Crippen molar-refractivity contribution >= 4 is 0 Å². The maximum Gasteiger partial charge on any atom is 0.0847 e. The number of H-pyrrole nitrogens is 1. The van der Waals surface area contributed by atoms with Gasteiger partial charge < -0.3 is 10.0 Å². The lowest BCUT2D eigenvalue weighted by atomic mass is 9.94. The molecule has 1 aliphatic rings. The van der Waals surface area contributed by atoms with Crippen molar-refractivity contribution < 1.29 is 5.11 Å². The molecule has 1 unspecified atom stereocenters. The second kappa shape index (κ2) is 5.65. The highest BCUT2D eigenvalue weighted by atomic mass is 16.3. The number of aromatic nitrogens is 2. The van der Waals surface area contributed by atoms with Crippen LogP contribution in [0.25, 0.3) is 0 Å². The molecule has 0 aliphatic carbocycles. The van der Waals surface area contributed by atoms with E-state index in [0.717, 1.165) is 23.9 Å². The smallest absolute Gasteiger partial charge is 0.0847 e. The van der Waals surface area contributed by atoms with E-state index in [1.165, 1.54) is 25.9 Å². The van der Waals surface area contributed by atoms with Crippen LogP contribution in [0.5, 0.6) is 0 Å². The van der Waals surface area contributed by atoms with Gasteiger partial charge in [0.15, 0.2) is 0 Å². The zero-order chi connectivity index (χ0) is 12.3. The van der Waals surface area contributed by atoms with Gasteiger partial charge in [-0.05, 0) is 31.4 Å². The van der Waals surface area contributed by atoms with Crippen LogP contribution in [-0.4, -0.2) is 39.8 Å². The lowest BCUT2D eigenvalue weighted by Crippen LogP contribution is -2.36. The van der Waals surface area contributed by atoms with Gasteiger partial charge in [0, 0.05) is 19.0 Å². The summed E-state index contributed by atoms with van der Waals surface area (Å²) in [5.41, 5.74) is 1.93. The van der Waals surface area contributed by atoms with Crippen molar-refractivity contribution in [2.75, 3.05) is 19.6 Å². The fourth-order valence-electron chi connectivity index (χ4n) is 2.65. The molecule has 1 saturated heterocycles. The maximum absolute atomic E-state index is 9.04. The van der Waals surface area contributed by atoms with Gasteiger partial charge in [0.25, 0.3) is 0 Å². The number of aliphatic hydroxyl groups is 1. The van der Waals surface area contributed by atoms with Crippen molar-refractivity contribution in [3.63, 3.8) is 0 Å². The molecule has 4 heteroatoms. The van der Waals surface area contributed by atoms with E-state index in [9.17, 15) is 0 Å². The monoisotopic (exact) mass is 237 g/mol. The van der Waals surface area contributed by atoms with Crippen LogP contribution in [0.4, 0.5) is 0 Å². The summed E-state index contributed by atoms with van der Waals surface area (Å²) in [5, 5.41) is 16.2. The SMILES string of the molecule is CC(C)CN1CCCC(c2cc(CO)[nH]n2)C1. The molecular weight excluding hydrogens is 214 g/mol. The topological polar surface area (TPSA) is 52.1 Å². The molecule has 17 heavy (non-hydrogen) atoms. The van der Waals surface area contributed by atoms with Crippen LogP contribution >= 0.6 is 0 Å². The first-order valence-corrected chi connectivity index (χ1v) is 6.56. The van der Waals surface area contributed by atoms with E-state index in [1.54, 1.807) is 0 Å². The Kier molecular flexibility index (Phi) is 4.18. The Balaban J connectivity index is 1.96. The molecule has 1 aromatic rings. The fraction of sp³-hybridized carbons (Fsp3) is 0.769. The van der Waals surface area contributed by atoms with Crippen molar-refractivity contribution in [1.82, 2.24) is 15.1 Å². The summed E-state index contributed by atoms with van der Waals surface area (Å²) in [7, 11) is 0. The predicted octanol–water partition coefficient (Wildman–Crippen LogP) is 1.74. The average Bonchev–Trinajstić information content (AvgIpc) is 2.77. The number of nitrogens with zero attached hydrogens (tertiary/aromatic N) is 2. The van der Waals surface area contributed by atoms with E-state index in [4.69, 9.17) is 5.11 Å². The molecule has 2 N–H and O–H groups in total. The summed E-state index contributed by atoms with van der Waals surface area (Å²) in [4.78, 5) is 2.53. The first-order valence-electron chi connectivity index (χ1n) is 6.56. The molecule has 2 rings (SSSR count). The van der Waals surface area contributed by atoms with Gasteiger partial charge in [-0.1, -0.05) is 13.8 Å². The number of aliphatic hydroxyl groups excluding tert-OH is 1. The first-order chi connectivity index (χ1) is 8.19. The zero-order valence-corrected chi connectivity index (χ0v) is 10.8. The quantitative estimate of drug-likeness (QED) is 0.838. The van der Waals surface area contributed by atoms with E-state index >= 15 is 0 Å². The minimum absolute atomic E-state index is 0.0510. The third-order valence-electron chi connectivity index (χ3n) is 3.37. The molecule has 1 atom stereocenters. The molecule has 0 amide bonds. The Morgan fingerprint density at radius 2 is 2.41 bits per heavy atom. The molecule has 2 heterocycles. The molecule has 0 spiro atoms. The Bertz CT molecular complexity index is 348. The van der Waals surface area contributed by atoms with Crippen molar-refractivity contribution in [2.45, 2.75) is 39.2 Å². The van der Waals surface area contributed by atoms with Crippen molar-refractivity contribution in [3.05, 3.63) is 17.5 Å². The molecule has 96 valence electrons.